The zero-order chi connectivity index (χ0) is 18.1. The molecule has 26 heavy (non-hydrogen) atoms. The van der Waals surface area contributed by atoms with Crippen LogP contribution < -0.4 is 4.74 Å². The number of benzene rings is 2. The van der Waals surface area contributed by atoms with Crippen molar-refractivity contribution in [2.45, 2.75) is 0 Å². The number of rotatable bonds is 4. The third-order valence-electron chi connectivity index (χ3n) is 3.64. The summed E-state index contributed by atoms with van der Waals surface area (Å²) in [5, 5.41) is 12.3. The third kappa shape index (κ3) is 3.12. The first-order valence-corrected chi connectivity index (χ1v) is 8.32. The van der Waals surface area contributed by atoms with Crippen LogP contribution in [0.4, 0.5) is 0 Å². The van der Waals surface area contributed by atoms with Crippen molar-refractivity contribution in [2.24, 2.45) is 0 Å². The van der Waals surface area contributed by atoms with Gasteiger partial charge in [0.2, 0.25) is 11.2 Å². The monoisotopic (exact) mass is 384 g/mol. The van der Waals surface area contributed by atoms with Crippen molar-refractivity contribution in [3.8, 4) is 11.6 Å². The molecule has 2 aromatic heterocycles. The van der Waals surface area contributed by atoms with Gasteiger partial charge in [-0.1, -0.05) is 41.9 Å². The minimum atomic E-state index is -0.202. The van der Waals surface area contributed by atoms with Crippen LogP contribution in [0.2, 0.25) is 10.3 Å². The van der Waals surface area contributed by atoms with Crippen molar-refractivity contribution in [3.05, 3.63) is 82.1 Å². The first-order chi connectivity index (χ1) is 12.6. The summed E-state index contributed by atoms with van der Waals surface area (Å²) in [5.41, 5.74) is 1.35. The van der Waals surface area contributed by atoms with E-state index >= 15 is 0 Å². The summed E-state index contributed by atoms with van der Waals surface area (Å²) < 4.78 is 7.15. The van der Waals surface area contributed by atoms with Crippen LogP contribution in [0, 0.1) is 0 Å². The van der Waals surface area contributed by atoms with E-state index < -0.39 is 0 Å². The third-order valence-corrected chi connectivity index (χ3v) is 4.11. The van der Waals surface area contributed by atoms with Gasteiger partial charge in [-0.15, -0.1) is 15.3 Å². The number of aromatic nitrogens is 4. The molecule has 0 atom stereocenters. The Hall–Kier alpha value is -2.96. The van der Waals surface area contributed by atoms with E-state index in [0.29, 0.717) is 27.5 Å². The Morgan fingerprint density at radius 2 is 1.77 bits per heavy atom. The fourth-order valence-electron chi connectivity index (χ4n) is 2.43. The van der Waals surface area contributed by atoms with Gasteiger partial charge in [-0.05, 0) is 35.9 Å². The average molecular weight is 385 g/mol. The predicted octanol–water partition coefficient (Wildman–Crippen LogP) is 4.45. The summed E-state index contributed by atoms with van der Waals surface area (Å²) in [4.78, 5) is 12.8. The highest BCUT2D eigenvalue weighted by Crippen LogP contribution is 2.29. The molecule has 0 N–H and O–H groups in total. The number of hydrogen-bond donors (Lipinski definition) is 0. The molecule has 2 aromatic carbocycles. The zero-order valence-electron chi connectivity index (χ0n) is 13.1. The summed E-state index contributed by atoms with van der Waals surface area (Å²) in [6.07, 6.45) is 0. The molecule has 0 bridgehead atoms. The van der Waals surface area contributed by atoms with Crippen LogP contribution in [0.5, 0.6) is 11.6 Å². The van der Waals surface area contributed by atoms with Gasteiger partial charge >= 0.3 is 0 Å². The molecule has 0 aliphatic carbocycles. The van der Waals surface area contributed by atoms with Crippen molar-refractivity contribution in [3.63, 3.8) is 0 Å². The quantitative estimate of drug-likeness (QED) is 0.486. The highest BCUT2D eigenvalue weighted by atomic mass is 35.5. The van der Waals surface area contributed by atoms with Crippen molar-refractivity contribution in [1.29, 1.82) is 0 Å². The normalized spacial score (nSPS) is 10.8. The Kier molecular flexibility index (Phi) is 4.28. The van der Waals surface area contributed by atoms with Crippen LogP contribution in [0.15, 0.2) is 60.7 Å². The summed E-state index contributed by atoms with van der Waals surface area (Å²) >= 11 is 12.0. The minimum Gasteiger partial charge on any atom is -0.437 e. The lowest BCUT2D eigenvalue weighted by atomic mass is 10.0. The van der Waals surface area contributed by atoms with Crippen LogP contribution >= 0.6 is 23.2 Å². The maximum Gasteiger partial charge on any atom is 0.246 e. The van der Waals surface area contributed by atoms with E-state index in [-0.39, 0.29) is 16.9 Å². The summed E-state index contributed by atoms with van der Waals surface area (Å²) in [6, 6.07) is 17.0. The average Bonchev–Trinajstić information content (AvgIpc) is 3.04. The summed E-state index contributed by atoms with van der Waals surface area (Å²) in [6.45, 7) is 0. The highest BCUT2D eigenvalue weighted by Gasteiger charge is 2.17. The molecule has 4 rings (SSSR count). The molecular weight excluding hydrogens is 375 g/mol. The number of nitrogens with zero attached hydrogens (tertiary/aromatic N) is 4. The molecule has 6 nitrogen and oxygen atoms in total. The zero-order valence-corrected chi connectivity index (χ0v) is 14.6. The SMILES string of the molecule is O=C(c1ccccc1)c1cc(Cl)ccc1Oc1ccc2nnc(Cl)n2n1. The van der Waals surface area contributed by atoms with E-state index in [0.717, 1.165) is 0 Å². The smallest absolute Gasteiger partial charge is 0.246 e. The van der Waals surface area contributed by atoms with Crippen LogP contribution in [0.1, 0.15) is 15.9 Å². The molecule has 0 unspecified atom stereocenters. The molecule has 0 fully saturated rings. The van der Waals surface area contributed by atoms with Crippen molar-refractivity contribution in [1.82, 2.24) is 19.8 Å². The molecule has 0 radical (unpaired) electrons. The van der Waals surface area contributed by atoms with E-state index in [2.05, 4.69) is 15.3 Å². The molecule has 128 valence electrons. The number of ether oxygens (including phenoxy) is 1. The topological polar surface area (TPSA) is 69.4 Å². The van der Waals surface area contributed by atoms with E-state index in [1.165, 1.54) is 4.52 Å². The molecular formula is C18H10Cl2N4O2. The number of fused-ring (bicyclic) bond motifs is 1. The number of carbonyl (C=O) groups is 1. The second-order valence-corrected chi connectivity index (χ2v) is 6.12. The summed E-state index contributed by atoms with van der Waals surface area (Å²) in [7, 11) is 0. The Morgan fingerprint density at radius 1 is 0.962 bits per heavy atom. The van der Waals surface area contributed by atoms with Gasteiger partial charge in [0, 0.05) is 16.7 Å². The lowest BCUT2D eigenvalue weighted by molar-refractivity contribution is 0.103. The van der Waals surface area contributed by atoms with E-state index in [4.69, 9.17) is 27.9 Å². The molecule has 0 saturated heterocycles. The van der Waals surface area contributed by atoms with E-state index in [1.54, 1.807) is 54.6 Å². The minimum absolute atomic E-state index is 0.113. The van der Waals surface area contributed by atoms with Gasteiger partial charge in [-0.3, -0.25) is 4.79 Å². The standard InChI is InChI=1S/C18H10Cl2N4O2/c19-12-6-7-14(13(10-12)17(25)11-4-2-1-3-5-11)26-16-9-8-15-21-22-18(20)24(15)23-16/h1-10H. The predicted molar refractivity (Wildman–Crippen MR) is 97.2 cm³/mol. The first-order valence-electron chi connectivity index (χ1n) is 7.57. The number of carbonyl (C=O) groups excluding carboxylic acids is 1. The second kappa shape index (κ2) is 6.74. The Balaban J connectivity index is 1.74. The maximum absolute atomic E-state index is 12.8. The summed E-state index contributed by atoms with van der Waals surface area (Å²) in [5.74, 6) is 0.370. The van der Waals surface area contributed by atoms with Crippen molar-refractivity contribution in [2.75, 3.05) is 0 Å². The highest BCUT2D eigenvalue weighted by molar-refractivity contribution is 6.31. The van der Waals surface area contributed by atoms with Crippen LogP contribution in [-0.2, 0) is 0 Å². The van der Waals surface area contributed by atoms with Crippen LogP contribution in [0.25, 0.3) is 5.65 Å². The molecule has 8 heteroatoms. The van der Waals surface area contributed by atoms with Gasteiger partial charge in [0.05, 0.1) is 5.56 Å². The van der Waals surface area contributed by atoms with Gasteiger partial charge in [0.15, 0.2) is 11.4 Å². The molecule has 0 aliphatic rings. The Morgan fingerprint density at radius 3 is 2.58 bits per heavy atom. The molecule has 4 aromatic rings. The van der Waals surface area contributed by atoms with Crippen LogP contribution in [0.3, 0.4) is 0 Å². The van der Waals surface area contributed by atoms with Crippen molar-refractivity contribution < 1.29 is 9.53 Å². The van der Waals surface area contributed by atoms with Crippen LogP contribution in [-0.4, -0.2) is 25.6 Å². The van der Waals surface area contributed by atoms with E-state index in [9.17, 15) is 4.79 Å². The lowest BCUT2D eigenvalue weighted by Crippen LogP contribution is -2.04. The first kappa shape index (κ1) is 16.5. The lowest BCUT2D eigenvalue weighted by Gasteiger charge is -2.10. The molecule has 2 heterocycles. The largest absolute Gasteiger partial charge is 0.437 e. The fourth-order valence-corrected chi connectivity index (χ4v) is 2.76. The van der Waals surface area contributed by atoms with Crippen molar-refractivity contribution >= 4 is 34.6 Å². The van der Waals surface area contributed by atoms with Gasteiger partial charge in [-0.25, -0.2) is 0 Å². The maximum atomic E-state index is 12.8. The Labute approximate surface area is 158 Å². The fraction of sp³-hybridized carbons (Fsp3) is 0. The molecule has 0 spiro atoms. The number of ketones is 1. The molecule has 0 amide bonds. The Bertz CT molecular complexity index is 1110. The van der Waals surface area contributed by atoms with Gasteiger partial charge in [0.25, 0.3) is 0 Å². The second-order valence-electron chi connectivity index (χ2n) is 5.35. The van der Waals surface area contributed by atoms with Gasteiger partial charge in [0.1, 0.15) is 5.75 Å². The van der Waals surface area contributed by atoms with E-state index in [1.807, 2.05) is 6.07 Å². The number of hydrogen-bond acceptors (Lipinski definition) is 5. The molecule has 0 saturated carbocycles. The van der Waals surface area contributed by atoms with Gasteiger partial charge in [-0.2, -0.15) is 4.52 Å². The van der Waals surface area contributed by atoms with Gasteiger partial charge < -0.3 is 4.74 Å². The number of halogens is 2. The molecule has 0 aliphatic heterocycles.